The van der Waals surface area contributed by atoms with Crippen LogP contribution in [0.3, 0.4) is 0 Å². The zero-order chi connectivity index (χ0) is 10.3. The molecule has 1 aromatic heterocycles. The van der Waals surface area contributed by atoms with E-state index in [-0.39, 0.29) is 5.41 Å². The average molecular weight is 208 g/mol. The Kier molecular flexibility index (Phi) is 2.07. The fraction of sp³-hybridized carbons (Fsp3) is 0.333. The lowest BCUT2D eigenvalue weighted by molar-refractivity contribution is 0.591. The zero-order valence-electron chi connectivity index (χ0n) is 8.69. The minimum absolute atomic E-state index is 0.0997. The van der Waals surface area contributed by atoms with Gasteiger partial charge >= 0.3 is 0 Å². The van der Waals surface area contributed by atoms with E-state index >= 15 is 0 Å². The molecule has 74 valence electrons. The van der Waals surface area contributed by atoms with E-state index in [9.17, 15) is 0 Å². The molecule has 0 aliphatic heterocycles. The van der Waals surface area contributed by atoms with Gasteiger partial charge in [0.25, 0.3) is 0 Å². The Hall–Kier alpha value is -0.950. The fourth-order valence-corrected chi connectivity index (χ4v) is 2.10. The van der Waals surface area contributed by atoms with Gasteiger partial charge in [-0.2, -0.15) is 0 Å². The Morgan fingerprint density at radius 1 is 1.21 bits per heavy atom. The van der Waals surface area contributed by atoms with E-state index in [0.717, 1.165) is 10.5 Å². The summed E-state index contributed by atoms with van der Waals surface area (Å²) in [6.45, 7) is 6.52. The maximum Gasteiger partial charge on any atom is 0.0469 e. The Morgan fingerprint density at radius 3 is 2.57 bits per heavy atom. The molecule has 0 unspecified atom stereocenters. The molecule has 1 nitrogen and oxygen atoms in total. The first-order chi connectivity index (χ1) is 6.48. The summed E-state index contributed by atoms with van der Waals surface area (Å²) in [6.07, 6.45) is 1.94. The van der Waals surface area contributed by atoms with Gasteiger partial charge < -0.3 is 4.98 Å². The molecule has 1 aromatic carbocycles. The maximum atomic E-state index is 6.22. The molecule has 0 aliphatic carbocycles. The highest BCUT2D eigenvalue weighted by Crippen LogP contribution is 2.32. The monoisotopic (exact) mass is 207 g/mol. The Morgan fingerprint density at radius 2 is 1.93 bits per heavy atom. The fourth-order valence-electron chi connectivity index (χ4n) is 1.65. The van der Waals surface area contributed by atoms with Crippen molar-refractivity contribution in [2.24, 2.45) is 0 Å². The van der Waals surface area contributed by atoms with Crippen LogP contribution < -0.4 is 0 Å². The molecule has 0 bridgehead atoms. The van der Waals surface area contributed by atoms with Crippen LogP contribution in [0.4, 0.5) is 0 Å². The van der Waals surface area contributed by atoms with Gasteiger partial charge in [-0.25, -0.2) is 0 Å². The van der Waals surface area contributed by atoms with Crippen LogP contribution in [0, 0.1) is 0 Å². The average Bonchev–Trinajstić information content (AvgIpc) is 2.47. The van der Waals surface area contributed by atoms with Crippen molar-refractivity contribution in [3.63, 3.8) is 0 Å². The van der Waals surface area contributed by atoms with Crippen molar-refractivity contribution in [1.82, 2.24) is 4.98 Å². The molecule has 2 heteroatoms. The molecular weight excluding hydrogens is 194 g/mol. The number of halogens is 1. The number of fused-ring (bicyclic) bond motifs is 1. The molecule has 1 heterocycles. The van der Waals surface area contributed by atoms with Crippen LogP contribution in [0.5, 0.6) is 0 Å². The summed E-state index contributed by atoms with van der Waals surface area (Å²) in [5.74, 6) is 0. The molecule has 0 saturated heterocycles. The standard InChI is InChI=1S/C12H14ClN/c1-12(2,3)9-6-8-4-5-14-11(8)7-10(9)13/h4-7,14H,1-3H3. The lowest BCUT2D eigenvalue weighted by atomic mass is 9.86. The van der Waals surface area contributed by atoms with Gasteiger partial charge in [0.05, 0.1) is 0 Å². The number of aromatic amines is 1. The predicted octanol–water partition coefficient (Wildman–Crippen LogP) is 4.12. The summed E-state index contributed by atoms with van der Waals surface area (Å²) in [5, 5.41) is 2.06. The van der Waals surface area contributed by atoms with Crippen LogP contribution in [0.25, 0.3) is 10.9 Å². The van der Waals surface area contributed by atoms with Crippen LogP contribution >= 0.6 is 11.6 Å². The van der Waals surface area contributed by atoms with E-state index in [4.69, 9.17) is 11.6 Å². The summed E-state index contributed by atoms with van der Waals surface area (Å²) >= 11 is 6.22. The van der Waals surface area contributed by atoms with Gasteiger partial charge in [0.2, 0.25) is 0 Å². The van der Waals surface area contributed by atoms with Crippen molar-refractivity contribution in [3.8, 4) is 0 Å². The third-order valence-electron chi connectivity index (χ3n) is 2.45. The number of hydrogen-bond acceptors (Lipinski definition) is 0. The van der Waals surface area contributed by atoms with Gasteiger partial charge in [0, 0.05) is 16.7 Å². The topological polar surface area (TPSA) is 15.8 Å². The summed E-state index contributed by atoms with van der Waals surface area (Å²) in [5.41, 5.74) is 2.40. The molecule has 0 atom stereocenters. The molecule has 1 N–H and O–H groups in total. The van der Waals surface area contributed by atoms with E-state index in [2.05, 4.69) is 37.9 Å². The van der Waals surface area contributed by atoms with E-state index in [0.29, 0.717) is 0 Å². The number of rotatable bonds is 0. The highest BCUT2D eigenvalue weighted by Gasteiger charge is 2.17. The highest BCUT2D eigenvalue weighted by molar-refractivity contribution is 6.32. The van der Waals surface area contributed by atoms with Crippen molar-refractivity contribution in [2.75, 3.05) is 0 Å². The second-order valence-corrected chi connectivity index (χ2v) is 5.05. The van der Waals surface area contributed by atoms with E-state index in [1.54, 1.807) is 0 Å². The first-order valence-electron chi connectivity index (χ1n) is 4.75. The zero-order valence-corrected chi connectivity index (χ0v) is 9.44. The SMILES string of the molecule is CC(C)(C)c1cc2cc[nH]c2cc1Cl. The van der Waals surface area contributed by atoms with E-state index in [1.807, 2.05) is 12.3 Å². The molecule has 2 aromatic rings. The quantitative estimate of drug-likeness (QED) is 0.669. The number of H-pyrrole nitrogens is 1. The highest BCUT2D eigenvalue weighted by atomic mass is 35.5. The van der Waals surface area contributed by atoms with Crippen molar-refractivity contribution < 1.29 is 0 Å². The Bertz CT molecular complexity index is 463. The summed E-state index contributed by atoms with van der Waals surface area (Å²) in [7, 11) is 0. The van der Waals surface area contributed by atoms with Gasteiger partial charge in [-0.05, 0) is 34.6 Å². The predicted molar refractivity (Wildman–Crippen MR) is 62.0 cm³/mol. The molecule has 14 heavy (non-hydrogen) atoms. The van der Waals surface area contributed by atoms with Crippen LogP contribution in [0.15, 0.2) is 24.4 Å². The number of aromatic nitrogens is 1. The van der Waals surface area contributed by atoms with Crippen molar-refractivity contribution in [3.05, 3.63) is 35.0 Å². The minimum Gasteiger partial charge on any atom is -0.361 e. The Labute approximate surface area is 89.1 Å². The Balaban J connectivity index is 2.71. The molecule has 0 fully saturated rings. The van der Waals surface area contributed by atoms with Crippen molar-refractivity contribution >= 4 is 22.5 Å². The van der Waals surface area contributed by atoms with Gasteiger partial charge in [-0.3, -0.25) is 0 Å². The van der Waals surface area contributed by atoms with Crippen LogP contribution in [0.2, 0.25) is 5.02 Å². The van der Waals surface area contributed by atoms with Crippen LogP contribution in [-0.4, -0.2) is 4.98 Å². The first-order valence-corrected chi connectivity index (χ1v) is 5.13. The maximum absolute atomic E-state index is 6.22. The summed E-state index contributed by atoms with van der Waals surface area (Å²) < 4.78 is 0. The third kappa shape index (κ3) is 1.53. The van der Waals surface area contributed by atoms with E-state index < -0.39 is 0 Å². The minimum atomic E-state index is 0.0997. The normalized spacial score (nSPS) is 12.3. The third-order valence-corrected chi connectivity index (χ3v) is 2.76. The van der Waals surface area contributed by atoms with Gasteiger partial charge in [0.15, 0.2) is 0 Å². The number of nitrogens with one attached hydrogen (secondary N) is 1. The first kappa shape index (κ1) is 9.60. The molecular formula is C12H14ClN. The number of hydrogen-bond donors (Lipinski definition) is 1. The summed E-state index contributed by atoms with van der Waals surface area (Å²) in [6, 6.07) is 6.23. The van der Waals surface area contributed by atoms with Gasteiger partial charge in [-0.15, -0.1) is 0 Å². The second kappa shape index (κ2) is 3.03. The molecule has 0 spiro atoms. The summed E-state index contributed by atoms with van der Waals surface area (Å²) in [4.78, 5) is 3.15. The molecule has 0 amide bonds. The second-order valence-electron chi connectivity index (χ2n) is 4.65. The van der Waals surface area contributed by atoms with Gasteiger partial charge in [0.1, 0.15) is 0 Å². The lowest BCUT2D eigenvalue weighted by Crippen LogP contribution is -2.11. The van der Waals surface area contributed by atoms with Crippen molar-refractivity contribution in [2.45, 2.75) is 26.2 Å². The van der Waals surface area contributed by atoms with Gasteiger partial charge in [-0.1, -0.05) is 32.4 Å². The molecule has 2 rings (SSSR count). The van der Waals surface area contributed by atoms with Crippen LogP contribution in [-0.2, 0) is 5.41 Å². The van der Waals surface area contributed by atoms with Crippen LogP contribution in [0.1, 0.15) is 26.3 Å². The number of benzene rings is 1. The molecule has 0 radical (unpaired) electrons. The molecule has 0 aliphatic rings. The largest absolute Gasteiger partial charge is 0.361 e. The van der Waals surface area contributed by atoms with Crippen molar-refractivity contribution in [1.29, 1.82) is 0 Å². The molecule has 0 saturated carbocycles. The smallest absolute Gasteiger partial charge is 0.0469 e. The van der Waals surface area contributed by atoms with E-state index in [1.165, 1.54) is 10.9 Å². The lowest BCUT2D eigenvalue weighted by Gasteiger charge is -2.20.